The smallest absolute Gasteiger partial charge is 0.243 e. The van der Waals surface area contributed by atoms with E-state index in [1.54, 1.807) is 28.8 Å². The maximum atomic E-state index is 13.3. The number of thioether (sulfide) groups is 1. The van der Waals surface area contributed by atoms with E-state index in [-0.39, 0.29) is 17.9 Å². The predicted octanol–water partition coefficient (Wildman–Crippen LogP) is 6.26. The van der Waals surface area contributed by atoms with Gasteiger partial charge in [-0.1, -0.05) is 72.9 Å². The van der Waals surface area contributed by atoms with E-state index in [1.165, 1.54) is 11.1 Å². The van der Waals surface area contributed by atoms with Crippen molar-refractivity contribution in [2.45, 2.75) is 64.9 Å². The lowest BCUT2D eigenvalue weighted by molar-refractivity contribution is -0.139. The Morgan fingerprint density at radius 2 is 1.78 bits per heavy atom. The molecule has 2 aromatic carbocycles. The Morgan fingerprint density at radius 3 is 2.41 bits per heavy atom. The summed E-state index contributed by atoms with van der Waals surface area (Å²) >= 11 is 13.8. The van der Waals surface area contributed by atoms with E-state index in [2.05, 4.69) is 30.4 Å². The van der Waals surface area contributed by atoms with Crippen LogP contribution >= 0.6 is 35.0 Å². The van der Waals surface area contributed by atoms with Crippen LogP contribution in [-0.2, 0) is 21.9 Å². The number of carbonyl (C=O) groups is 2. The Bertz CT molecular complexity index is 923. The van der Waals surface area contributed by atoms with Gasteiger partial charge in [-0.05, 0) is 49.9 Å². The van der Waals surface area contributed by atoms with Crippen LogP contribution in [0, 0.1) is 6.92 Å². The molecule has 2 rings (SSSR count). The molecule has 7 heteroatoms. The van der Waals surface area contributed by atoms with E-state index in [0.717, 1.165) is 17.7 Å². The third-order valence-electron chi connectivity index (χ3n) is 5.30. The van der Waals surface area contributed by atoms with E-state index in [1.807, 2.05) is 32.9 Å². The molecule has 32 heavy (non-hydrogen) atoms. The molecule has 174 valence electrons. The van der Waals surface area contributed by atoms with Crippen LogP contribution in [-0.4, -0.2) is 34.6 Å². The zero-order valence-electron chi connectivity index (χ0n) is 19.2. The number of hydrogen-bond donors (Lipinski definition) is 1. The number of rotatable bonds is 11. The molecule has 0 unspecified atom stereocenters. The Balaban J connectivity index is 2.17. The van der Waals surface area contributed by atoms with Gasteiger partial charge in [-0.2, -0.15) is 0 Å². The molecule has 0 fully saturated rings. The summed E-state index contributed by atoms with van der Waals surface area (Å²) in [4.78, 5) is 27.9. The van der Waals surface area contributed by atoms with Gasteiger partial charge < -0.3 is 10.2 Å². The molecule has 0 radical (unpaired) electrons. The van der Waals surface area contributed by atoms with E-state index in [4.69, 9.17) is 23.2 Å². The lowest BCUT2D eigenvalue weighted by Gasteiger charge is -2.31. The highest BCUT2D eigenvalue weighted by Crippen LogP contribution is 2.24. The van der Waals surface area contributed by atoms with Crippen LogP contribution in [0.4, 0.5) is 0 Å². The van der Waals surface area contributed by atoms with Crippen molar-refractivity contribution in [1.29, 1.82) is 0 Å². The first kappa shape index (κ1) is 26.6. The van der Waals surface area contributed by atoms with Crippen LogP contribution in [0.2, 0.25) is 10.0 Å². The number of carbonyl (C=O) groups excluding carboxylic acids is 2. The highest BCUT2D eigenvalue weighted by Gasteiger charge is 2.29. The first-order chi connectivity index (χ1) is 15.2. The highest BCUT2D eigenvalue weighted by molar-refractivity contribution is 7.99. The normalized spacial score (nSPS) is 12.8. The maximum Gasteiger partial charge on any atom is 0.243 e. The molecular weight excluding hydrogens is 463 g/mol. The SMILES string of the molecule is CC[C@@H](C)NC(=O)[C@@H](CC)N(Cc1ccc(Cl)c(Cl)c1)C(=O)CSCc1cccc(C)c1. The number of nitrogens with one attached hydrogen (secondary N) is 1. The molecule has 0 heterocycles. The fraction of sp³-hybridized carbons (Fsp3) is 0.440. The fourth-order valence-corrected chi connectivity index (χ4v) is 4.51. The quantitative estimate of drug-likeness (QED) is 0.401. The molecule has 0 aliphatic carbocycles. The number of benzene rings is 2. The van der Waals surface area contributed by atoms with Crippen LogP contribution < -0.4 is 5.32 Å². The second-order valence-corrected chi connectivity index (χ2v) is 9.79. The van der Waals surface area contributed by atoms with Crippen molar-refractivity contribution in [3.8, 4) is 0 Å². The number of aryl methyl sites for hydroxylation is 1. The third kappa shape index (κ3) is 8.02. The minimum absolute atomic E-state index is 0.0502. The van der Waals surface area contributed by atoms with Gasteiger partial charge in [-0.3, -0.25) is 9.59 Å². The van der Waals surface area contributed by atoms with Crippen molar-refractivity contribution in [3.63, 3.8) is 0 Å². The van der Waals surface area contributed by atoms with E-state index < -0.39 is 6.04 Å². The lowest BCUT2D eigenvalue weighted by atomic mass is 10.1. The molecule has 0 aliphatic heterocycles. The second-order valence-electron chi connectivity index (χ2n) is 7.99. The Labute approximate surface area is 206 Å². The Kier molecular flexibility index (Phi) is 10.9. The van der Waals surface area contributed by atoms with E-state index in [9.17, 15) is 9.59 Å². The van der Waals surface area contributed by atoms with E-state index >= 15 is 0 Å². The zero-order chi connectivity index (χ0) is 23.7. The van der Waals surface area contributed by atoms with Gasteiger partial charge in [0, 0.05) is 18.3 Å². The van der Waals surface area contributed by atoms with Crippen LogP contribution in [0.15, 0.2) is 42.5 Å². The molecule has 1 N–H and O–H groups in total. The number of halogens is 2. The summed E-state index contributed by atoms with van der Waals surface area (Å²) < 4.78 is 0. The van der Waals surface area contributed by atoms with Crippen LogP contribution in [0.1, 0.15) is 50.3 Å². The summed E-state index contributed by atoms with van der Waals surface area (Å²) in [5.41, 5.74) is 3.22. The van der Waals surface area contributed by atoms with Gasteiger partial charge >= 0.3 is 0 Å². The third-order valence-corrected chi connectivity index (χ3v) is 7.03. The summed E-state index contributed by atoms with van der Waals surface area (Å²) in [6.07, 6.45) is 1.35. The minimum Gasteiger partial charge on any atom is -0.352 e. The van der Waals surface area contributed by atoms with Crippen LogP contribution in [0.5, 0.6) is 0 Å². The van der Waals surface area contributed by atoms with Gasteiger partial charge in [-0.25, -0.2) is 0 Å². The molecule has 2 aromatic rings. The molecule has 2 amide bonds. The van der Waals surface area contributed by atoms with Gasteiger partial charge in [0.05, 0.1) is 15.8 Å². The molecule has 0 spiro atoms. The summed E-state index contributed by atoms with van der Waals surface area (Å²) in [5.74, 6) is 0.838. The Hall–Kier alpha value is -1.69. The van der Waals surface area contributed by atoms with E-state index in [0.29, 0.717) is 28.8 Å². The number of amides is 2. The average Bonchev–Trinajstić information content (AvgIpc) is 2.75. The number of nitrogens with zero attached hydrogens (tertiary/aromatic N) is 1. The van der Waals surface area contributed by atoms with Crippen molar-refractivity contribution in [1.82, 2.24) is 10.2 Å². The van der Waals surface area contributed by atoms with Gasteiger partial charge in [-0.15, -0.1) is 11.8 Å². The van der Waals surface area contributed by atoms with Crippen molar-refractivity contribution < 1.29 is 9.59 Å². The second kappa shape index (κ2) is 13.1. The molecule has 0 aliphatic rings. The van der Waals surface area contributed by atoms with Gasteiger partial charge in [0.25, 0.3) is 0 Å². The first-order valence-corrected chi connectivity index (χ1v) is 12.8. The van der Waals surface area contributed by atoms with Gasteiger partial charge in [0.15, 0.2) is 0 Å². The average molecular weight is 496 g/mol. The summed E-state index contributed by atoms with van der Waals surface area (Å²) in [6, 6.07) is 13.1. The number of hydrogen-bond acceptors (Lipinski definition) is 3. The molecular formula is C25H32Cl2N2O2S. The van der Waals surface area contributed by atoms with Gasteiger partial charge in [0.2, 0.25) is 11.8 Å². The summed E-state index contributed by atoms with van der Waals surface area (Å²) in [6.45, 7) is 8.27. The lowest BCUT2D eigenvalue weighted by Crippen LogP contribution is -2.51. The maximum absolute atomic E-state index is 13.3. The monoisotopic (exact) mass is 494 g/mol. The molecule has 0 bridgehead atoms. The minimum atomic E-state index is -0.550. The topological polar surface area (TPSA) is 49.4 Å². The molecule has 2 atom stereocenters. The van der Waals surface area contributed by atoms with Gasteiger partial charge in [0.1, 0.15) is 6.04 Å². The Morgan fingerprint density at radius 1 is 1.03 bits per heavy atom. The largest absolute Gasteiger partial charge is 0.352 e. The molecule has 0 aromatic heterocycles. The zero-order valence-corrected chi connectivity index (χ0v) is 21.5. The van der Waals surface area contributed by atoms with Crippen LogP contribution in [0.3, 0.4) is 0 Å². The van der Waals surface area contributed by atoms with Crippen molar-refractivity contribution >= 4 is 46.8 Å². The standard InChI is InChI=1S/C25H32Cl2N2O2S/c1-5-18(4)28-25(31)23(6-2)29(14-19-10-11-21(26)22(27)13-19)24(30)16-32-15-20-9-7-8-17(3)12-20/h7-13,18,23H,5-6,14-16H2,1-4H3,(H,28,31)/t18-,23-/m1/s1. The molecule has 0 saturated carbocycles. The van der Waals surface area contributed by atoms with Crippen molar-refractivity contribution in [2.75, 3.05) is 5.75 Å². The molecule has 4 nitrogen and oxygen atoms in total. The van der Waals surface area contributed by atoms with Crippen molar-refractivity contribution in [2.24, 2.45) is 0 Å². The fourth-order valence-electron chi connectivity index (χ4n) is 3.34. The molecule has 0 saturated heterocycles. The predicted molar refractivity (Wildman–Crippen MR) is 136 cm³/mol. The first-order valence-electron chi connectivity index (χ1n) is 10.9. The van der Waals surface area contributed by atoms with Crippen LogP contribution in [0.25, 0.3) is 0 Å². The highest BCUT2D eigenvalue weighted by atomic mass is 35.5. The van der Waals surface area contributed by atoms with Crippen molar-refractivity contribution in [3.05, 3.63) is 69.2 Å². The summed E-state index contributed by atoms with van der Waals surface area (Å²) in [5, 5.41) is 3.92. The summed E-state index contributed by atoms with van der Waals surface area (Å²) in [7, 11) is 0.